The quantitative estimate of drug-likeness (QED) is 0.824. The Kier molecular flexibility index (Phi) is 4.61. The second kappa shape index (κ2) is 6.86. The van der Waals surface area contributed by atoms with E-state index in [-0.39, 0.29) is 5.91 Å². The Bertz CT molecular complexity index is 581. The predicted octanol–water partition coefficient (Wildman–Crippen LogP) is 0.947. The first-order valence-electron chi connectivity index (χ1n) is 9.22. The highest BCUT2D eigenvalue weighted by atomic mass is 16.4. The molecule has 4 heterocycles. The average molecular weight is 332 g/mol. The largest absolute Gasteiger partial charge is 0.455 e. The van der Waals surface area contributed by atoms with Crippen LogP contribution < -0.4 is 0 Å². The second-order valence-corrected chi connectivity index (χ2v) is 7.45. The van der Waals surface area contributed by atoms with E-state index < -0.39 is 0 Å². The number of likely N-dealkylation sites (tertiary alicyclic amines) is 1. The van der Waals surface area contributed by atoms with Gasteiger partial charge in [-0.15, -0.1) is 0 Å². The number of furan rings is 1. The van der Waals surface area contributed by atoms with E-state index in [2.05, 4.69) is 21.7 Å². The zero-order valence-corrected chi connectivity index (χ0v) is 14.6. The van der Waals surface area contributed by atoms with E-state index in [1.165, 1.54) is 12.8 Å². The number of rotatable bonds is 3. The van der Waals surface area contributed by atoms with Gasteiger partial charge in [0.2, 0.25) is 0 Å². The molecule has 0 spiro atoms. The van der Waals surface area contributed by atoms with Crippen LogP contribution in [-0.2, 0) is 6.54 Å². The molecular formula is C18H28N4O2. The van der Waals surface area contributed by atoms with Crippen molar-refractivity contribution in [3.8, 4) is 0 Å². The number of carbonyl (C=O) groups excluding carboxylic acids is 1. The number of fused-ring (bicyclic) bond motifs is 1. The molecule has 1 amide bonds. The van der Waals surface area contributed by atoms with E-state index in [1.54, 1.807) is 0 Å². The number of nitrogens with zero attached hydrogens (tertiary/aromatic N) is 4. The summed E-state index contributed by atoms with van der Waals surface area (Å²) >= 11 is 0. The van der Waals surface area contributed by atoms with Crippen LogP contribution in [0.1, 0.15) is 29.2 Å². The van der Waals surface area contributed by atoms with Crippen LogP contribution in [0.5, 0.6) is 0 Å². The molecule has 132 valence electrons. The number of carbonyl (C=O) groups is 1. The summed E-state index contributed by atoms with van der Waals surface area (Å²) in [6.45, 7) is 8.99. The molecule has 3 aliphatic heterocycles. The van der Waals surface area contributed by atoms with Gasteiger partial charge in [-0.1, -0.05) is 0 Å². The lowest BCUT2D eigenvalue weighted by Crippen LogP contribution is -2.62. The molecule has 3 saturated heterocycles. The van der Waals surface area contributed by atoms with Gasteiger partial charge in [-0.2, -0.15) is 0 Å². The van der Waals surface area contributed by atoms with Gasteiger partial charge in [0.05, 0.1) is 6.54 Å². The fourth-order valence-corrected chi connectivity index (χ4v) is 4.19. The zero-order chi connectivity index (χ0) is 16.5. The molecule has 6 nitrogen and oxygen atoms in total. The fourth-order valence-electron chi connectivity index (χ4n) is 4.19. The van der Waals surface area contributed by atoms with Crippen molar-refractivity contribution in [2.24, 2.45) is 0 Å². The van der Waals surface area contributed by atoms with Gasteiger partial charge < -0.3 is 14.2 Å². The Morgan fingerprint density at radius 3 is 2.71 bits per heavy atom. The SMILES string of the molecule is CN1CCN2CCN(C(=O)c3ccc(CN4CCCC4)o3)C[C@@H]2C1. The van der Waals surface area contributed by atoms with E-state index in [0.717, 1.165) is 64.7 Å². The van der Waals surface area contributed by atoms with Crippen LogP contribution >= 0.6 is 0 Å². The van der Waals surface area contributed by atoms with Gasteiger partial charge in [-0.25, -0.2) is 0 Å². The number of amides is 1. The van der Waals surface area contributed by atoms with Crippen molar-refractivity contribution < 1.29 is 9.21 Å². The first kappa shape index (κ1) is 16.1. The first-order valence-corrected chi connectivity index (χ1v) is 9.22. The molecule has 0 aromatic carbocycles. The zero-order valence-electron chi connectivity index (χ0n) is 14.6. The minimum Gasteiger partial charge on any atom is -0.455 e. The van der Waals surface area contributed by atoms with Crippen molar-refractivity contribution in [1.82, 2.24) is 19.6 Å². The maximum atomic E-state index is 12.8. The topological polar surface area (TPSA) is 43.2 Å². The summed E-state index contributed by atoms with van der Waals surface area (Å²) in [6.07, 6.45) is 2.54. The Morgan fingerprint density at radius 2 is 1.88 bits per heavy atom. The minimum atomic E-state index is 0.0514. The third kappa shape index (κ3) is 3.36. The van der Waals surface area contributed by atoms with Crippen molar-refractivity contribution in [3.63, 3.8) is 0 Å². The van der Waals surface area contributed by atoms with Crippen LogP contribution in [0.25, 0.3) is 0 Å². The highest BCUT2D eigenvalue weighted by molar-refractivity contribution is 5.91. The molecule has 0 radical (unpaired) electrons. The third-order valence-corrected chi connectivity index (χ3v) is 5.63. The minimum absolute atomic E-state index is 0.0514. The predicted molar refractivity (Wildman–Crippen MR) is 92.0 cm³/mol. The molecule has 3 aliphatic rings. The molecule has 0 bridgehead atoms. The molecule has 1 aromatic rings. The standard InChI is InChI=1S/C18H28N4O2/c1-19-8-9-21-10-11-22(13-15(21)12-19)18(23)17-5-4-16(24-17)14-20-6-2-3-7-20/h4-5,15H,2-3,6-14H2,1H3/t15-/m0/s1. The van der Waals surface area contributed by atoms with Crippen molar-refractivity contribution in [1.29, 1.82) is 0 Å². The number of piperazine rings is 2. The lowest BCUT2D eigenvalue weighted by molar-refractivity contribution is 0.0174. The van der Waals surface area contributed by atoms with Gasteiger partial charge >= 0.3 is 0 Å². The van der Waals surface area contributed by atoms with Gasteiger partial charge in [0.25, 0.3) is 5.91 Å². The highest BCUT2D eigenvalue weighted by Crippen LogP contribution is 2.19. The number of likely N-dealkylation sites (N-methyl/N-ethyl adjacent to an activating group) is 1. The first-order chi connectivity index (χ1) is 11.7. The molecule has 6 heteroatoms. The van der Waals surface area contributed by atoms with Gasteiger partial charge in [0.15, 0.2) is 5.76 Å². The Labute approximate surface area is 144 Å². The number of hydrogen-bond donors (Lipinski definition) is 0. The Balaban J connectivity index is 1.37. The Morgan fingerprint density at radius 1 is 1.08 bits per heavy atom. The maximum Gasteiger partial charge on any atom is 0.289 e. The van der Waals surface area contributed by atoms with Crippen molar-refractivity contribution in [3.05, 3.63) is 23.7 Å². The van der Waals surface area contributed by atoms with Crippen LogP contribution in [0.15, 0.2) is 16.5 Å². The van der Waals surface area contributed by atoms with E-state index in [1.807, 2.05) is 17.0 Å². The van der Waals surface area contributed by atoms with Gasteiger partial charge in [0.1, 0.15) is 5.76 Å². The molecule has 1 aromatic heterocycles. The molecule has 4 rings (SSSR count). The summed E-state index contributed by atoms with van der Waals surface area (Å²) in [5, 5.41) is 0. The van der Waals surface area contributed by atoms with Gasteiger partial charge in [-0.05, 0) is 45.1 Å². The van der Waals surface area contributed by atoms with Crippen molar-refractivity contribution >= 4 is 5.91 Å². The lowest BCUT2D eigenvalue weighted by Gasteiger charge is -2.46. The maximum absolute atomic E-state index is 12.8. The van der Waals surface area contributed by atoms with E-state index in [9.17, 15) is 4.79 Å². The third-order valence-electron chi connectivity index (χ3n) is 5.63. The average Bonchev–Trinajstić information content (AvgIpc) is 3.26. The summed E-state index contributed by atoms with van der Waals surface area (Å²) in [5.41, 5.74) is 0. The molecule has 0 N–H and O–H groups in total. The van der Waals surface area contributed by atoms with E-state index in [4.69, 9.17) is 4.42 Å². The highest BCUT2D eigenvalue weighted by Gasteiger charge is 2.33. The van der Waals surface area contributed by atoms with Crippen LogP contribution in [0.4, 0.5) is 0 Å². The lowest BCUT2D eigenvalue weighted by atomic mass is 10.1. The summed E-state index contributed by atoms with van der Waals surface area (Å²) < 4.78 is 5.86. The van der Waals surface area contributed by atoms with Gasteiger partial charge in [0, 0.05) is 45.3 Å². The summed E-state index contributed by atoms with van der Waals surface area (Å²) in [6, 6.07) is 4.28. The smallest absolute Gasteiger partial charge is 0.289 e. The van der Waals surface area contributed by atoms with Gasteiger partial charge in [-0.3, -0.25) is 14.6 Å². The van der Waals surface area contributed by atoms with Crippen LogP contribution in [-0.4, -0.2) is 91.0 Å². The molecule has 3 fully saturated rings. The van der Waals surface area contributed by atoms with Crippen molar-refractivity contribution in [2.45, 2.75) is 25.4 Å². The molecule has 0 unspecified atom stereocenters. The molecule has 0 aliphatic carbocycles. The molecular weight excluding hydrogens is 304 g/mol. The van der Waals surface area contributed by atoms with Crippen molar-refractivity contribution in [2.75, 3.05) is 59.4 Å². The normalized spacial score (nSPS) is 26.7. The monoisotopic (exact) mass is 332 g/mol. The van der Waals surface area contributed by atoms with Crippen LogP contribution in [0.3, 0.4) is 0 Å². The Hall–Kier alpha value is -1.37. The molecule has 24 heavy (non-hydrogen) atoms. The summed E-state index contributed by atoms with van der Waals surface area (Å²) in [7, 11) is 2.16. The van der Waals surface area contributed by atoms with Crippen LogP contribution in [0.2, 0.25) is 0 Å². The molecule has 0 saturated carbocycles. The second-order valence-electron chi connectivity index (χ2n) is 7.45. The fraction of sp³-hybridized carbons (Fsp3) is 0.722. The van der Waals surface area contributed by atoms with E-state index >= 15 is 0 Å². The number of hydrogen-bond acceptors (Lipinski definition) is 5. The summed E-state index contributed by atoms with van der Waals surface area (Å²) in [5.74, 6) is 1.47. The van der Waals surface area contributed by atoms with Crippen LogP contribution in [0, 0.1) is 0 Å². The van der Waals surface area contributed by atoms with E-state index in [0.29, 0.717) is 11.8 Å². The molecule has 1 atom stereocenters. The summed E-state index contributed by atoms with van der Waals surface area (Å²) in [4.78, 5) is 22.0.